The van der Waals surface area contributed by atoms with Gasteiger partial charge in [-0.3, -0.25) is 10.1 Å². The van der Waals surface area contributed by atoms with Gasteiger partial charge in [0.2, 0.25) is 0 Å². The molecule has 0 bridgehead atoms. The Morgan fingerprint density at radius 2 is 1.93 bits per heavy atom. The molecule has 0 saturated carbocycles. The van der Waals surface area contributed by atoms with Crippen LogP contribution in [0.25, 0.3) is 11.1 Å². The summed E-state index contributed by atoms with van der Waals surface area (Å²) in [6, 6.07) is 11.6. The minimum atomic E-state index is -0.623. The van der Waals surface area contributed by atoms with Gasteiger partial charge in [0.05, 0.1) is 25.3 Å². The van der Waals surface area contributed by atoms with Crippen molar-refractivity contribution in [1.82, 2.24) is 5.32 Å². The number of carbonyl (C=O) groups is 2. The first-order chi connectivity index (χ1) is 14.0. The van der Waals surface area contributed by atoms with Gasteiger partial charge in [-0.05, 0) is 41.1 Å². The molecule has 1 fully saturated rings. The minimum Gasteiger partial charge on any atom is -0.496 e. The monoisotopic (exact) mass is 413 g/mol. The van der Waals surface area contributed by atoms with Gasteiger partial charge in [0, 0.05) is 11.6 Å². The van der Waals surface area contributed by atoms with Gasteiger partial charge in [-0.2, -0.15) is 5.10 Å². The van der Waals surface area contributed by atoms with Gasteiger partial charge in [0.15, 0.2) is 5.17 Å². The Kier molecular flexibility index (Phi) is 6.40. The molecule has 2 aromatic rings. The molecule has 0 radical (unpaired) electrons. The molecule has 29 heavy (non-hydrogen) atoms. The number of nitrogens with zero attached hydrogens (tertiary/aromatic N) is 2. The van der Waals surface area contributed by atoms with Crippen LogP contribution in [-0.2, 0) is 14.3 Å². The van der Waals surface area contributed by atoms with Crippen molar-refractivity contribution in [1.29, 1.82) is 0 Å². The highest BCUT2D eigenvalue weighted by Gasteiger charge is 2.24. The minimum absolute atomic E-state index is 0.180. The predicted molar refractivity (Wildman–Crippen MR) is 109 cm³/mol. The van der Waals surface area contributed by atoms with Crippen LogP contribution in [0.1, 0.15) is 5.56 Å². The lowest BCUT2D eigenvalue weighted by Crippen LogP contribution is -2.19. The molecule has 9 heteroatoms. The quantitative estimate of drug-likeness (QED) is 0.352. The number of thioether (sulfide) groups is 1. The lowest BCUT2D eigenvalue weighted by Gasteiger charge is -2.08. The van der Waals surface area contributed by atoms with Crippen molar-refractivity contribution in [3.05, 3.63) is 64.8 Å². The second-order valence-corrected chi connectivity index (χ2v) is 6.73. The molecule has 0 aliphatic carbocycles. The van der Waals surface area contributed by atoms with Crippen molar-refractivity contribution in [2.75, 3.05) is 14.2 Å². The molecule has 2 aromatic carbocycles. The third-order valence-corrected chi connectivity index (χ3v) is 4.74. The van der Waals surface area contributed by atoms with Crippen molar-refractivity contribution in [3.8, 4) is 16.9 Å². The topological polar surface area (TPSA) is 89.3 Å². The van der Waals surface area contributed by atoms with E-state index in [4.69, 9.17) is 4.74 Å². The SMILES string of the molecule is COC(=O)/C=C1/S/C(=N\N=Cc2ccc(-c3cc(F)ccc3OC)cc2)NC1=O. The van der Waals surface area contributed by atoms with Crippen LogP contribution in [0.3, 0.4) is 0 Å². The average molecular weight is 413 g/mol. The van der Waals surface area contributed by atoms with Gasteiger partial charge >= 0.3 is 5.97 Å². The largest absolute Gasteiger partial charge is 0.496 e. The summed E-state index contributed by atoms with van der Waals surface area (Å²) < 4.78 is 23.3. The number of amides is 1. The van der Waals surface area contributed by atoms with Crippen LogP contribution in [0.4, 0.5) is 4.39 Å². The van der Waals surface area contributed by atoms with E-state index in [-0.39, 0.29) is 15.9 Å². The first-order valence-electron chi connectivity index (χ1n) is 8.34. The van der Waals surface area contributed by atoms with E-state index in [1.54, 1.807) is 18.2 Å². The van der Waals surface area contributed by atoms with Crippen LogP contribution in [0, 0.1) is 5.82 Å². The first-order valence-corrected chi connectivity index (χ1v) is 9.15. The van der Waals surface area contributed by atoms with Crippen LogP contribution in [0.15, 0.2) is 63.6 Å². The highest BCUT2D eigenvalue weighted by molar-refractivity contribution is 8.18. The molecule has 7 nitrogen and oxygen atoms in total. The van der Waals surface area contributed by atoms with E-state index in [9.17, 15) is 14.0 Å². The molecule has 3 rings (SSSR count). The summed E-state index contributed by atoms with van der Waals surface area (Å²) >= 11 is 0.989. The Morgan fingerprint density at radius 3 is 2.62 bits per heavy atom. The number of hydrogen-bond acceptors (Lipinski definition) is 7. The van der Waals surface area contributed by atoms with Crippen LogP contribution < -0.4 is 10.1 Å². The zero-order valence-corrected chi connectivity index (χ0v) is 16.3. The van der Waals surface area contributed by atoms with E-state index in [2.05, 4.69) is 20.3 Å². The molecule has 1 N–H and O–H groups in total. The summed E-state index contributed by atoms with van der Waals surface area (Å²) in [5.74, 6) is -0.840. The van der Waals surface area contributed by atoms with E-state index in [0.717, 1.165) is 29.0 Å². The first kappa shape index (κ1) is 20.3. The fourth-order valence-corrected chi connectivity index (χ4v) is 3.18. The Hall–Kier alpha value is -3.46. The third kappa shape index (κ3) is 5.08. The summed E-state index contributed by atoms with van der Waals surface area (Å²) in [6.45, 7) is 0. The second kappa shape index (κ2) is 9.16. The number of amidine groups is 1. The Labute approximate surface area is 170 Å². The van der Waals surface area contributed by atoms with Gasteiger partial charge in [0.25, 0.3) is 5.91 Å². The molecule has 0 atom stereocenters. The van der Waals surface area contributed by atoms with Gasteiger partial charge in [-0.15, -0.1) is 5.10 Å². The maximum absolute atomic E-state index is 13.6. The number of carbonyl (C=O) groups excluding carboxylic acids is 2. The van der Waals surface area contributed by atoms with E-state index < -0.39 is 11.9 Å². The maximum atomic E-state index is 13.6. The van der Waals surface area contributed by atoms with E-state index in [0.29, 0.717) is 11.3 Å². The number of ether oxygens (including phenoxy) is 2. The number of rotatable bonds is 5. The summed E-state index contributed by atoms with van der Waals surface area (Å²) in [6.07, 6.45) is 2.60. The highest BCUT2D eigenvalue weighted by Crippen LogP contribution is 2.30. The predicted octanol–water partition coefficient (Wildman–Crippen LogP) is 3.11. The highest BCUT2D eigenvalue weighted by atomic mass is 32.2. The third-order valence-electron chi connectivity index (χ3n) is 3.84. The molecule has 1 aliphatic heterocycles. The Morgan fingerprint density at radius 1 is 1.17 bits per heavy atom. The Bertz CT molecular complexity index is 1030. The van der Waals surface area contributed by atoms with Crippen LogP contribution in [0.5, 0.6) is 5.75 Å². The standard InChI is InChI=1S/C20H16FN3O4S/c1-27-16-8-7-14(21)9-15(16)13-5-3-12(4-6-13)11-22-24-20-23-19(26)17(29-20)10-18(25)28-2/h3-11H,1-2H3,(H,23,24,26)/b17-10+,22-11?. The zero-order valence-electron chi connectivity index (χ0n) is 15.5. The lowest BCUT2D eigenvalue weighted by atomic mass is 10.0. The molecule has 1 aliphatic rings. The molecule has 0 aromatic heterocycles. The van der Waals surface area contributed by atoms with E-state index >= 15 is 0 Å². The fourth-order valence-electron chi connectivity index (χ4n) is 2.44. The van der Waals surface area contributed by atoms with Crippen molar-refractivity contribution >= 4 is 35.0 Å². The van der Waals surface area contributed by atoms with Crippen LogP contribution in [-0.4, -0.2) is 37.5 Å². The number of nitrogens with one attached hydrogen (secondary N) is 1. The van der Waals surface area contributed by atoms with Crippen molar-refractivity contribution < 1.29 is 23.5 Å². The van der Waals surface area contributed by atoms with Crippen molar-refractivity contribution in [3.63, 3.8) is 0 Å². The molecular formula is C20H16FN3O4S. The lowest BCUT2D eigenvalue weighted by molar-refractivity contribution is -0.135. The summed E-state index contributed by atoms with van der Waals surface area (Å²) in [7, 11) is 2.76. The summed E-state index contributed by atoms with van der Waals surface area (Å²) in [5.41, 5.74) is 2.19. The second-order valence-electron chi connectivity index (χ2n) is 5.70. The summed E-state index contributed by atoms with van der Waals surface area (Å²) in [4.78, 5) is 23.1. The van der Waals surface area contributed by atoms with Crippen molar-refractivity contribution in [2.24, 2.45) is 10.2 Å². The molecule has 0 spiro atoms. The molecule has 0 unspecified atom stereocenters. The van der Waals surface area contributed by atoms with E-state index in [1.165, 1.54) is 32.6 Å². The van der Waals surface area contributed by atoms with Crippen LogP contribution >= 0.6 is 11.8 Å². The fraction of sp³-hybridized carbons (Fsp3) is 0.100. The summed E-state index contributed by atoms with van der Waals surface area (Å²) in [5, 5.41) is 10.6. The number of esters is 1. The number of methoxy groups -OCH3 is 2. The number of hydrogen-bond donors (Lipinski definition) is 1. The maximum Gasteiger partial charge on any atom is 0.331 e. The van der Waals surface area contributed by atoms with Crippen molar-refractivity contribution in [2.45, 2.75) is 0 Å². The molecule has 1 saturated heterocycles. The number of halogens is 1. The zero-order chi connectivity index (χ0) is 20.8. The Balaban J connectivity index is 1.71. The molecule has 1 heterocycles. The van der Waals surface area contributed by atoms with Gasteiger partial charge in [0.1, 0.15) is 11.6 Å². The average Bonchev–Trinajstić information content (AvgIpc) is 3.07. The van der Waals surface area contributed by atoms with Gasteiger partial charge in [-0.25, -0.2) is 9.18 Å². The smallest absolute Gasteiger partial charge is 0.331 e. The van der Waals surface area contributed by atoms with Gasteiger partial charge < -0.3 is 9.47 Å². The molecule has 1 amide bonds. The normalized spacial score (nSPS) is 16.4. The molecule has 148 valence electrons. The van der Waals surface area contributed by atoms with Gasteiger partial charge in [-0.1, -0.05) is 24.3 Å². The molecular weight excluding hydrogens is 397 g/mol. The number of benzene rings is 2. The van der Waals surface area contributed by atoms with E-state index in [1.807, 2.05) is 12.1 Å². The van der Waals surface area contributed by atoms with Crippen LogP contribution in [0.2, 0.25) is 0 Å².